The largest absolute Gasteiger partial charge is 0.299 e. The normalized spacial score (nSPS) is 44.8. The van der Waals surface area contributed by atoms with Crippen LogP contribution in [0.15, 0.2) is 0 Å². The molecule has 1 aliphatic carbocycles. The van der Waals surface area contributed by atoms with Crippen molar-refractivity contribution in [3.63, 3.8) is 0 Å². The van der Waals surface area contributed by atoms with Crippen LogP contribution < -0.4 is 5.32 Å². The zero-order chi connectivity index (χ0) is 9.31. The molecule has 2 heteroatoms. The molecular weight excluding hydrogens is 178 g/mol. The number of hydrogen-bond acceptors (Lipinski definition) is 2. The van der Waals surface area contributed by atoms with Crippen molar-refractivity contribution in [2.45, 2.75) is 56.9 Å². The summed E-state index contributed by atoms with van der Waals surface area (Å²) in [6.07, 6.45) is 6.95. The van der Waals surface area contributed by atoms with Crippen LogP contribution in [0.25, 0.3) is 0 Å². The molecular formula is C11H21NS. The SMILES string of the molecule is CCC1CSC2(CCCC2CC)N1. The lowest BCUT2D eigenvalue weighted by Gasteiger charge is -2.31. The van der Waals surface area contributed by atoms with E-state index >= 15 is 0 Å². The van der Waals surface area contributed by atoms with Crippen LogP contribution >= 0.6 is 11.8 Å². The van der Waals surface area contributed by atoms with E-state index in [0.29, 0.717) is 4.87 Å². The molecule has 2 fully saturated rings. The molecule has 1 nitrogen and oxygen atoms in total. The van der Waals surface area contributed by atoms with Crippen molar-refractivity contribution in [1.29, 1.82) is 0 Å². The molecule has 1 saturated heterocycles. The molecule has 2 rings (SSSR count). The summed E-state index contributed by atoms with van der Waals surface area (Å²) in [6, 6.07) is 0.789. The third-order valence-corrected chi connectivity index (χ3v) is 5.48. The minimum atomic E-state index is 0.495. The van der Waals surface area contributed by atoms with Crippen molar-refractivity contribution < 1.29 is 0 Å². The maximum atomic E-state index is 3.88. The highest BCUT2D eigenvalue weighted by molar-refractivity contribution is 8.00. The van der Waals surface area contributed by atoms with Gasteiger partial charge in [0, 0.05) is 11.8 Å². The molecule has 3 unspecified atom stereocenters. The fourth-order valence-electron chi connectivity index (χ4n) is 2.86. The predicted molar refractivity (Wildman–Crippen MR) is 60.0 cm³/mol. The Labute approximate surface area is 86.0 Å². The summed E-state index contributed by atoms with van der Waals surface area (Å²) in [5.74, 6) is 2.28. The van der Waals surface area contributed by atoms with Gasteiger partial charge in [0.05, 0.1) is 4.87 Å². The van der Waals surface area contributed by atoms with Crippen LogP contribution in [-0.4, -0.2) is 16.7 Å². The first kappa shape index (κ1) is 9.85. The van der Waals surface area contributed by atoms with E-state index in [9.17, 15) is 0 Å². The number of nitrogens with one attached hydrogen (secondary N) is 1. The van der Waals surface area contributed by atoms with Crippen molar-refractivity contribution in [2.24, 2.45) is 5.92 Å². The van der Waals surface area contributed by atoms with Crippen LogP contribution in [-0.2, 0) is 0 Å². The predicted octanol–water partition coefficient (Wildman–Crippen LogP) is 3.01. The highest BCUT2D eigenvalue weighted by Crippen LogP contribution is 2.49. The van der Waals surface area contributed by atoms with Crippen molar-refractivity contribution in [3.05, 3.63) is 0 Å². The maximum absolute atomic E-state index is 3.88. The summed E-state index contributed by atoms with van der Waals surface area (Å²) in [6.45, 7) is 4.65. The van der Waals surface area contributed by atoms with Gasteiger partial charge in [0.2, 0.25) is 0 Å². The molecule has 0 bridgehead atoms. The molecule has 3 atom stereocenters. The zero-order valence-electron chi connectivity index (χ0n) is 8.81. The Kier molecular flexibility index (Phi) is 2.89. The van der Waals surface area contributed by atoms with E-state index in [2.05, 4.69) is 30.9 Å². The number of rotatable bonds is 2. The van der Waals surface area contributed by atoms with Crippen LogP contribution in [0.1, 0.15) is 46.0 Å². The van der Waals surface area contributed by atoms with Gasteiger partial charge < -0.3 is 0 Å². The second-order valence-electron chi connectivity index (χ2n) is 4.45. The highest BCUT2D eigenvalue weighted by atomic mass is 32.2. The standard InChI is InChI=1S/C11H21NS/c1-3-9-6-5-7-11(9)12-10(4-2)8-13-11/h9-10,12H,3-8H2,1-2H3. The molecule has 13 heavy (non-hydrogen) atoms. The first-order chi connectivity index (χ1) is 6.30. The van der Waals surface area contributed by atoms with E-state index in [1.807, 2.05) is 0 Å². The maximum Gasteiger partial charge on any atom is 0.0676 e. The van der Waals surface area contributed by atoms with Gasteiger partial charge in [0.15, 0.2) is 0 Å². The fraction of sp³-hybridized carbons (Fsp3) is 1.00. The Bertz CT molecular complexity index is 183. The summed E-state index contributed by atoms with van der Waals surface area (Å²) in [5, 5.41) is 3.88. The van der Waals surface area contributed by atoms with Crippen LogP contribution in [0.4, 0.5) is 0 Å². The Morgan fingerprint density at radius 1 is 1.38 bits per heavy atom. The van der Waals surface area contributed by atoms with Gasteiger partial charge in [0.1, 0.15) is 0 Å². The molecule has 2 aliphatic rings. The minimum Gasteiger partial charge on any atom is -0.299 e. The van der Waals surface area contributed by atoms with Gasteiger partial charge in [-0.05, 0) is 25.2 Å². The van der Waals surface area contributed by atoms with Crippen LogP contribution in [0.2, 0.25) is 0 Å². The number of thioether (sulfide) groups is 1. The fourth-order valence-corrected chi connectivity index (χ4v) is 4.74. The van der Waals surface area contributed by atoms with E-state index in [4.69, 9.17) is 0 Å². The molecule has 1 spiro atoms. The Morgan fingerprint density at radius 3 is 2.85 bits per heavy atom. The lowest BCUT2D eigenvalue weighted by Crippen LogP contribution is -2.44. The minimum absolute atomic E-state index is 0.495. The molecule has 0 aromatic heterocycles. The van der Waals surface area contributed by atoms with Crippen molar-refractivity contribution in [3.8, 4) is 0 Å². The lowest BCUT2D eigenvalue weighted by atomic mass is 9.99. The molecule has 76 valence electrons. The smallest absolute Gasteiger partial charge is 0.0676 e. The van der Waals surface area contributed by atoms with Crippen molar-refractivity contribution in [2.75, 3.05) is 5.75 Å². The number of hydrogen-bond donors (Lipinski definition) is 1. The Balaban J connectivity index is 2.04. The summed E-state index contributed by atoms with van der Waals surface area (Å²) in [4.78, 5) is 0.495. The lowest BCUT2D eigenvalue weighted by molar-refractivity contribution is 0.339. The molecule has 0 amide bonds. The third-order valence-electron chi connectivity index (χ3n) is 3.74. The van der Waals surface area contributed by atoms with E-state index in [-0.39, 0.29) is 0 Å². The molecule has 0 radical (unpaired) electrons. The molecule has 1 N–H and O–H groups in total. The van der Waals surface area contributed by atoms with Crippen LogP contribution in [0, 0.1) is 5.92 Å². The molecule has 1 aliphatic heterocycles. The van der Waals surface area contributed by atoms with Crippen molar-refractivity contribution in [1.82, 2.24) is 5.32 Å². The second kappa shape index (κ2) is 3.82. The van der Waals surface area contributed by atoms with Gasteiger partial charge in [0.25, 0.3) is 0 Å². The summed E-state index contributed by atoms with van der Waals surface area (Å²) in [7, 11) is 0. The van der Waals surface area contributed by atoms with Crippen LogP contribution in [0.5, 0.6) is 0 Å². The van der Waals surface area contributed by atoms with E-state index < -0.39 is 0 Å². The Morgan fingerprint density at radius 2 is 2.23 bits per heavy atom. The van der Waals surface area contributed by atoms with Crippen molar-refractivity contribution >= 4 is 11.8 Å². The van der Waals surface area contributed by atoms with Gasteiger partial charge in [-0.15, -0.1) is 11.8 Å². The van der Waals surface area contributed by atoms with E-state index in [1.165, 1.54) is 37.9 Å². The second-order valence-corrected chi connectivity index (χ2v) is 5.80. The molecule has 1 heterocycles. The van der Waals surface area contributed by atoms with Crippen LogP contribution in [0.3, 0.4) is 0 Å². The average Bonchev–Trinajstić information content (AvgIpc) is 2.74. The quantitative estimate of drug-likeness (QED) is 0.733. The topological polar surface area (TPSA) is 12.0 Å². The monoisotopic (exact) mass is 199 g/mol. The third kappa shape index (κ3) is 1.63. The molecule has 1 saturated carbocycles. The van der Waals surface area contributed by atoms with E-state index in [0.717, 1.165) is 12.0 Å². The zero-order valence-corrected chi connectivity index (χ0v) is 9.62. The summed E-state index contributed by atoms with van der Waals surface area (Å²) >= 11 is 2.21. The highest BCUT2D eigenvalue weighted by Gasteiger charge is 2.46. The van der Waals surface area contributed by atoms with Gasteiger partial charge in [-0.3, -0.25) is 5.32 Å². The first-order valence-corrected chi connectivity index (χ1v) is 6.71. The first-order valence-electron chi connectivity index (χ1n) is 5.72. The van der Waals surface area contributed by atoms with Gasteiger partial charge >= 0.3 is 0 Å². The van der Waals surface area contributed by atoms with E-state index in [1.54, 1.807) is 0 Å². The summed E-state index contributed by atoms with van der Waals surface area (Å²) in [5.41, 5.74) is 0. The molecule has 0 aromatic carbocycles. The van der Waals surface area contributed by atoms with Gasteiger partial charge in [-0.2, -0.15) is 0 Å². The Hall–Kier alpha value is 0.310. The average molecular weight is 199 g/mol. The summed E-state index contributed by atoms with van der Waals surface area (Å²) < 4.78 is 0. The molecule has 0 aromatic rings. The van der Waals surface area contributed by atoms with Gasteiger partial charge in [-0.1, -0.05) is 26.7 Å². The van der Waals surface area contributed by atoms with Gasteiger partial charge in [-0.25, -0.2) is 0 Å².